The van der Waals surface area contributed by atoms with Gasteiger partial charge in [0.05, 0.1) is 17.5 Å². The van der Waals surface area contributed by atoms with Crippen LogP contribution in [0.15, 0.2) is 46.0 Å². The molecule has 4 nitrogen and oxygen atoms in total. The Morgan fingerprint density at radius 3 is 2.79 bits per heavy atom. The van der Waals surface area contributed by atoms with E-state index < -0.39 is 0 Å². The van der Waals surface area contributed by atoms with Gasteiger partial charge in [-0.2, -0.15) is 0 Å². The summed E-state index contributed by atoms with van der Waals surface area (Å²) in [5, 5.41) is 0. The lowest BCUT2D eigenvalue weighted by molar-refractivity contribution is 0.541. The van der Waals surface area contributed by atoms with Crippen LogP contribution < -0.4 is 10.6 Å². The van der Waals surface area contributed by atoms with Crippen LogP contribution in [0.4, 0.5) is 16.0 Å². The van der Waals surface area contributed by atoms with Crippen LogP contribution in [-0.4, -0.2) is 12.0 Å². The van der Waals surface area contributed by atoms with Gasteiger partial charge in [0, 0.05) is 6.07 Å². The molecular formula is C13H13ClFN3O. The first kappa shape index (κ1) is 13.4. The molecule has 1 aromatic heterocycles. The highest BCUT2D eigenvalue weighted by Gasteiger charge is 2.28. The smallest absolute Gasteiger partial charge is 0.201 e. The number of aliphatic imine (C=N–C) groups is 1. The maximum Gasteiger partial charge on any atom is 0.201 e. The van der Waals surface area contributed by atoms with E-state index in [9.17, 15) is 4.39 Å². The first-order valence-corrected chi connectivity index (χ1v) is 5.63. The van der Waals surface area contributed by atoms with E-state index in [-0.39, 0.29) is 30.2 Å². The molecule has 1 aromatic carbocycles. The van der Waals surface area contributed by atoms with Gasteiger partial charge in [0.25, 0.3) is 0 Å². The zero-order valence-electron chi connectivity index (χ0n) is 10.2. The third kappa shape index (κ3) is 2.06. The number of anilines is 2. The fourth-order valence-electron chi connectivity index (χ4n) is 2.20. The second-order valence-corrected chi connectivity index (χ2v) is 4.10. The summed E-state index contributed by atoms with van der Waals surface area (Å²) in [5.74, 6) is 0.459. The van der Waals surface area contributed by atoms with Crippen molar-refractivity contribution in [3.8, 4) is 0 Å². The molecule has 1 aliphatic rings. The Balaban J connectivity index is 0.00000133. The molecule has 1 aliphatic heterocycles. The molecule has 0 saturated heterocycles. The third-order valence-corrected chi connectivity index (χ3v) is 2.95. The molecule has 6 heteroatoms. The molecule has 0 radical (unpaired) electrons. The van der Waals surface area contributed by atoms with E-state index >= 15 is 0 Å². The van der Waals surface area contributed by atoms with Gasteiger partial charge in [-0.05, 0) is 25.1 Å². The lowest BCUT2D eigenvalue weighted by Crippen LogP contribution is -2.36. The standard InChI is InChI=1S/C13H12FN3O.ClH/c1-8-16-13(15)12-9(14)4-2-5-10(12)17(8)11-6-3-7-18-11;/h2-8H,1H3,(H2,15,16);1H. The van der Waals surface area contributed by atoms with Crippen LogP contribution >= 0.6 is 12.4 Å². The first-order chi connectivity index (χ1) is 8.68. The lowest BCUT2D eigenvalue weighted by Gasteiger charge is -2.32. The van der Waals surface area contributed by atoms with Crippen LogP contribution in [0.2, 0.25) is 0 Å². The lowest BCUT2D eigenvalue weighted by atomic mass is 10.1. The normalized spacial score (nSPS) is 17.5. The summed E-state index contributed by atoms with van der Waals surface area (Å²) in [6.45, 7) is 1.88. The highest BCUT2D eigenvalue weighted by Crippen LogP contribution is 2.35. The summed E-state index contributed by atoms with van der Waals surface area (Å²) in [7, 11) is 0. The largest absolute Gasteiger partial charge is 0.448 e. The van der Waals surface area contributed by atoms with Crippen molar-refractivity contribution in [2.45, 2.75) is 13.1 Å². The number of halogens is 2. The quantitative estimate of drug-likeness (QED) is 0.874. The molecule has 1 atom stereocenters. The summed E-state index contributed by atoms with van der Waals surface area (Å²) in [4.78, 5) is 6.06. The van der Waals surface area contributed by atoms with Crippen LogP contribution in [-0.2, 0) is 0 Å². The second kappa shape index (κ2) is 4.93. The number of hydrogen-bond donors (Lipinski definition) is 1. The minimum atomic E-state index is -0.378. The fraction of sp³-hybridized carbons (Fsp3) is 0.154. The summed E-state index contributed by atoms with van der Waals surface area (Å²) in [5.41, 5.74) is 6.80. The van der Waals surface area contributed by atoms with Crippen LogP contribution in [0, 0.1) is 5.82 Å². The van der Waals surface area contributed by atoms with Gasteiger partial charge in [-0.1, -0.05) is 6.07 Å². The number of amidine groups is 1. The average Bonchev–Trinajstić information content (AvgIpc) is 2.82. The Morgan fingerprint density at radius 2 is 2.11 bits per heavy atom. The van der Waals surface area contributed by atoms with Crippen molar-refractivity contribution in [1.29, 1.82) is 0 Å². The van der Waals surface area contributed by atoms with Crippen molar-refractivity contribution in [3.63, 3.8) is 0 Å². The van der Waals surface area contributed by atoms with Crippen molar-refractivity contribution in [2.75, 3.05) is 4.90 Å². The Labute approximate surface area is 116 Å². The van der Waals surface area contributed by atoms with Crippen molar-refractivity contribution in [1.82, 2.24) is 0 Å². The van der Waals surface area contributed by atoms with E-state index in [4.69, 9.17) is 10.2 Å². The van der Waals surface area contributed by atoms with Crippen LogP contribution in [0.25, 0.3) is 0 Å². The summed E-state index contributed by atoms with van der Waals surface area (Å²) in [6.07, 6.45) is 1.34. The monoisotopic (exact) mass is 281 g/mol. The summed E-state index contributed by atoms with van der Waals surface area (Å²) >= 11 is 0. The van der Waals surface area contributed by atoms with Crippen LogP contribution in [0.5, 0.6) is 0 Å². The molecule has 2 N–H and O–H groups in total. The molecule has 0 fully saturated rings. The molecule has 0 aliphatic carbocycles. The molecule has 0 amide bonds. The minimum absolute atomic E-state index is 0. The Kier molecular flexibility index (Phi) is 3.48. The molecule has 100 valence electrons. The number of hydrogen-bond acceptors (Lipinski definition) is 4. The van der Waals surface area contributed by atoms with Gasteiger partial charge in [0.2, 0.25) is 5.88 Å². The van der Waals surface area contributed by atoms with Crippen molar-refractivity contribution in [3.05, 3.63) is 48.0 Å². The van der Waals surface area contributed by atoms with Crippen LogP contribution in [0.3, 0.4) is 0 Å². The fourth-order valence-corrected chi connectivity index (χ4v) is 2.20. The number of furan rings is 1. The zero-order valence-corrected chi connectivity index (χ0v) is 11.0. The van der Waals surface area contributed by atoms with Gasteiger partial charge in [-0.25, -0.2) is 9.38 Å². The maximum absolute atomic E-state index is 13.8. The second-order valence-electron chi connectivity index (χ2n) is 4.10. The number of nitrogens with two attached hydrogens (primary N) is 1. The Bertz CT molecular complexity index is 612. The predicted octanol–water partition coefficient (Wildman–Crippen LogP) is 3.04. The van der Waals surface area contributed by atoms with E-state index in [1.165, 1.54) is 6.07 Å². The number of nitrogens with zero attached hydrogens (tertiary/aromatic N) is 2. The zero-order chi connectivity index (χ0) is 12.7. The van der Waals surface area contributed by atoms with Gasteiger partial charge in [-0.3, -0.25) is 4.90 Å². The van der Waals surface area contributed by atoms with E-state index in [1.54, 1.807) is 24.5 Å². The van der Waals surface area contributed by atoms with E-state index in [0.29, 0.717) is 17.1 Å². The molecule has 0 spiro atoms. The first-order valence-electron chi connectivity index (χ1n) is 5.63. The molecule has 2 aromatic rings. The highest BCUT2D eigenvalue weighted by atomic mass is 35.5. The molecule has 3 rings (SSSR count). The maximum atomic E-state index is 13.8. The van der Waals surface area contributed by atoms with Gasteiger partial charge in [-0.15, -0.1) is 12.4 Å². The van der Waals surface area contributed by atoms with Gasteiger partial charge in [0.15, 0.2) is 0 Å². The topological polar surface area (TPSA) is 54.8 Å². The Morgan fingerprint density at radius 1 is 1.32 bits per heavy atom. The highest BCUT2D eigenvalue weighted by molar-refractivity contribution is 6.05. The average molecular weight is 282 g/mol. The van der Waals surface area contributed by atoms with Crippen molar-refractivity contribution in [2.24, 2.45) is 10.7 Å². The van der Waals surface area contributed by atoms with Crippen molar-refractivity contribution >= 4 is 29.8 Å². The Hall–Kier alpha value is -2.01. The van der Waals surface area contributed by atoms with Gasteiger partial charge in [0.1, 0.15) is 17.8 Å². The van der Waals surface area contributed by atoms with E-state index in [0.717, 1.165) is 0 Å². The van der Waals surface area contributed by atoms with Crippen molar-refractivity contribution < 1.29 is 8.81 Å². The van der Waals surface area contributed by atoms with Crippen LogP contribution in [0.1, 0.15) is 12.5 Å². The number of benzene rings is 1. The molecule has 19 heavy (non-hydrogen) atoms. The molecular weight excluding hydrogens is 269 g/mol. The number of rotatable bonds is 1. The van der Waals surface area contributed by atoms with E-state index in [1.807, 2.05) is 17.9 Å². The van der Waals surface area contributed by atoms with E-state index in [2.05, 4.69) is 4.99 Å². The SMILES string of the molecule is CC1N=C(N)c2c(F)cccc2N1c1ccco1.Cl. The van der Waals surface area contributed by atoms with Gasteiger partial charge >= 0.3 is 0 Å². The summed E-state index contributed by atoms with van der Waals surface area (Å²) in [6, 6.07) is 8.41. The molecule has 2 heterocycles. The summed E-state index contributed by atoms with van der Waals surface area (Å²) < 4.78 is 19.2. The predicted molar refractivity (Wildman–Crippen MR) is 74.7 cm³/mol. The molecule has 1 unspecified atom stereocenters. The molecule has 0 bridgehead atoms. The molecule has 0 saturated carbocycles. The minimum Gasteiger partial charge on any atom is -0.448 e. The number of fused-ring (bicyclic) bond motifs is 1. The van der Waals surface area contributed by atoms with Gasteiger partial charge < -0.3 is 10.2 Å². The third-order valence-electron chi connectivity index (χ3n) is 2.95.